The molecule has 0 fully saturated rings. The normalized spacial score (nSPS) is 10.8. The topological polar surface area (TPSA) is 91.2 Å². The van der Waals surface area contributed by atoms with E-state index in [0.29, 0.717) is 17.0 Å². The van der Waals surface area contributed by atoms with Gasteiger partial charge in [-0.2, -0.15) is 5.26 Å². The SMILES string of the molecule is Cc1ccc(NC(=O)/C(C#N)=C/c2ccc(OCC(=O)Nc3ccccc3F)cc2)c(C)c1. The van der Waals surface area contributed by atoms with Crippen LogP contribution in [0.4, 0.5) is 15.8 Å². The van der Waals surface area contributed by atoms with Gasteiger partial charge >= 0.3 is 0 Å². The standard InChI is InChI=1S/C26H22FN3O3/c1-17-7-12-23(18(2)13-17)30-26(32)20(15-28)14-19-8-10-21(11-9-19)33-16-25(31)29-24-6-4-3-5-22(24)27/h3-14H,16H2,1-2H3,(H,29,31)(H,30,32)/b20-14+. The van der Waals surface area contributed by atoms with Gasteiger partial charge in [-0.3, -0.25) is 9.59 Å². The minimum absolute atomic E-state index is 0.0482. The molecule has 0 aliphatic heterocycles. The van der Waals surface area contributed by atoms with Crippen molar-refractivity contribution in [1.29, 1.82) is 5.26 Å². The largest absolute Gasteiger partial charge is 0.484 e. The number of nitriles is 1. The molecular formula is C26H22FN3O3. The number of ether oxygens (including phenoxy) is 1. The predicted octanol–water partition coefficient (Wildman–Crippen LogP) is 5.01. The van der Waals surface area contributed by atoms with Crippen LogP contribution in [0.15, 0.2) is 72.3 Å². The summed E-state index contributed by atoms with van der Waals surface area (Å²) in [5.41, 5.74) is 3.27. The van der Waals surface area contributed by atoms with E-state index >= 15 is 0 Å². The van der Waals surface area contributed by atoms with Crippen LogP contribution in [-0.4, -0.2) is 18.4 Å². The van der Waals surface area contributed by atoms with Crippen LogP contribution < -0.4 is 15.4 Å². The number of hydrogen-bond acceptors (Lipinski definition) is 4. The van der Waals surface area contributed by atoms with Crippen molar-refractivity contribution in [3.63, 3.8) is 0 Å². The van der Waals surface area contributed by atoms with Crippen LogP contribution >= 0.6 is 0 Å². The first-order valence-corrected chi connectivity index (χ1v) is 10.1. The van der Waals surface area contributed by atoms with Gasteiger partial charge in [-0.05, 0) is 61.4 Å². The monoisotopic (exact) mass is 443 g/mol. The number of rotatable bonds is 7. The van der Waals surface area contributed by atoms with E-state index < -0.39 is 17.6 Å². The Hall–Kier alpha value is -4.44. The second-order valence-electron chi connectivity index (χ2n) is 7.33. The third-order valence-corrected chi connectivity index (χ3v) is 4.70. The molecule has 0 heterocycles. The molecule has 3 rings (SSSR count). The summed E-state index contributed by atoms with van der Waals surface area (Å²) in [4.78, 5) is 24.5. The molecule has 0 atom stereocenters. The number of benzene rings is 3. The number of halogens is 1. The lowest BCUT2D eigenvalue weighted by atomic mass is 10.1. The molecule has 0 aliphatic carbocycles. The second kappa shape index (κ2) is 10.7. The average molecular weight is 443 g/mol. The van der Waals surface area contributed by atoms with Crippen molar-refractivity contribution < 1.29 is 18.7 Å². The highest BCUT2D eigenvalue weighted by atomic mass is 19.1. The summed E-state index contributed by atoms with van der Waals surface area (Å²) in [7, 11) is 0. The number of aryl methyl sites for hydroxylation is 2. The van der Waals surface area contributed by atoms with E-state index in [-0.39, 0.29) is 17.9 Å². The summed E-state index contributed by atoms with van der Waals surface area (Å²) in [6, 6.07) is 19.9. The number of carbonyl (C=O) groups is 2. The van der Waals surface area contributed by atoms with E-state index in [2.05, 4.69) is 10.6 Å². The van der Waals surface area contributed by atoms with Gasteiger partial charge in [0.2, 0.25) is 0 Å². The zero-order valence-corrected chi connectivity index (χ0v) is 18.2. The second-order valence-corrected chi connectivity index (χ2v) is 7.33. The van der Waals surface area contributed by atoms with Crippen LogP contribution in [0.5, 0.6) is 5.75 Å². The highest BCUT2D eigenvalue weighted by molar-refractivity contribution is 6.10. The van der Waals surface area contributed by atoms with Crippen LogP contribution in [0.25, 0.3) is 6.08 Å². The molecule has 6 nitrogen and oxygen atoms in total. The smallest absolute Gasteiger partial charge is 0.266 e. The third kappa shape index (κ3) is 6.52. The first-order chi connectivity index (χ1) is 15.9. The Morgan fingerprint density at radius 1 is 1.00 bits per heavy atom. The molecule has 2 N–H and O–H groups in total. The molecule has 0 spiro atoms. The molecule has 33 heavy (non-hydrogen) atoms. The fourth-order valence-corrected chi connectivity index (χ4v) is 3.02. The number of carbonyl (C=O) groups excluding carboxylic acids is 2. The summed E-state index contributed by atoms with van der Waals surface area (Å²) in [6.45, 7) is 3.54. The van der Waals surface area contributed by atoms with Crippen LogP contribution in [0.2, 0.25) is 0 Å². The Balaban J connectivity index is 1.59. The zero-order valence-electron chi connectivity index (χ0n) is 18.2. The lowest BCUT2D eigenvalue weighted by Crippen LogP contribution is -2.20. The van der Waals surface area contributed by atoms with Gasteiger partial charge in [-0.1, -0.05) is 42.0 Å². The number of nitrogens with zero attached hydrogens (tertiary/aromatic N) is 1. The Bertz CT molecular complexity index is 1240. The number of nitrogens with one attached hydrogen (secondary N) is 2. The van der Waals surface area contributed by atoms with E-state index in [0.717, 1.165) is 11.1 Å². The van der Waals surface area contributed by atoms with Gasteiger partial charge in [0.1, 0.15) is 23.2 Å². The highest BCUT2D eigenvalue weighted by Crippen LogP contribution is 2.19. The molecular weight excluding hydrogens is 421 g/mol. The van der Waals surface area contributed by atoms with Crippen molar-refractivity contribution in [2.24, 2.45) is 0 Å². The molecule has 0 aliphatic rings. The molecule has 166 valence electrons. The molecule has 3 aromatic carbocycles. The Labute approximate surface area is 191 Å². The summed E-state index contributed by atoms with van der Waals surface area (Å²) in [6.07, 6.45) is 1.47. The van der Waals surface area contributed by atoms with Crippen molar-refractivity contribution in [2.45, 2.75) is 13.8 Å². The van der Waals surface area contributed by atoms with E-state index in [1.807, 2.05) is 32.0 Å². The van der Waals surface area contributed by atoms with Gasteiger partial charge in [0, 0.05) is 5.69 Å². The van der Waals surface area contributed by atoms with E-state index in [1.54, 1.807) is 36.4 Å². The summed E-state index contributed by atoms with van der Waals surface area (Å²) >= 11 is 0. The molecule has 0 radical (unpaired) electrons. The molecule has 7 heteroatoms. The van der Waals surface area contributed by atoms with E-state index in [4.69, 9.17) is 4.74 Å². The Kier molecular flexibility index (Phi) is 7.55. The minimum atomic E-state index is -0.531. The van der Waals surface area contributed by atoms with Crippen molar-refractivity contribution in [3.8, 4) is 11.8 Å². The summed E-state index contributed by atoms with van der Waals surface area (Å²) in [5.74, 6) is -1.13. The Morgan fingerprint density at radius 3 is 2.39 bits per heavy atom. The number of para-hydroxylation sites is 1. The number of hydrogen-bond donors (Lipinski definition) is 2. The predicted molar refractivity (Wildman–Crippen MR) is 125 cm³/mol. The number of amides is 2. The van der Waals surface area contributed by atoms with Gasteiger partial charge in [0.15, 0.2) is 6.61 Å². The highest BCUT2D eigenvalue weighted by Gasteiger charge is 2.11. The molecule has 0 saturated carbocycles. The van der Waals surface area contributed by atoms with Gasteiger partial charge in [0.25, 0.3) is 11.8 Å². The van der Waals surface area contributed by atoms with Crippen molar-refractivity contribution >= 4 is 29.3 Å². The van der Waals surface area contributed by atoms with Crippen LogP contribution in [0.3, 0.4) is 0 Å². The first kappa shape index (κ1) is 23.2. The molecule has 0 saturated heterocycles. The minimum Gasteiger partial charge on any atom is -0.484 e. The molecule has 2 amide bonds. The van der Waals surface area contributed by atoms with E-state index in [9.17, 15) is 19.2 Å². The maximum absolute atomic E-state index is 13.6. The van der Waals surface area contributed by atoms with Crippen molar-refractivity contribution in [2.75, 3.05) is 17.2 Å². The third-order valence-electron chi connectivity index (χ3n) is 4.70. The summed E-state index contributed by atoms with van der Waals surface area (Å²) < 4.78 is 19.0. The van der Waals surface area contributed by atoms with Crippen LogP contribution in [0, 0.1) is 31.0 Å². The zero-order chi connectivity index (χ0) is 23.8. The molecule has 0 unspecified atom stereocenters. The lowest BCUT2D eigenvalue weighted by molar-refractivity contribution is -0.118. The first-order valence-electron chi connectivity index (χ1n) is 10.1. The van der Waals surface area contributed by atoms with Crippen LogP contribution in [-0.2, 0) is 9.59 Å². The average Bonchev–Trinajstić information content (AvgIpc) is 2.80. The fourth-order valence-electron chi connectivity index (χ4n) is 3.02. The Morgan fingerprint density at radius 2 is 1.73 bits per heavy atom. The van der Waals surface area contributed by atoms with Gasteiger partial charge in [0.05, 0.1) is 5.69 Å². The maximum Gasteiger partial charge on any atom is 0.266 e. The van der Waals surface area contributed by atoms with Crippen molar-refractivity contribution in [3.05, 3.63) is 94.8 Å². The molecule has 0 aromatic heterocycles. The van der Waals surface area contributed by atoms with Gasteiger partial charge in [-0.15, -0.1) is 0 Å². The van der Waals surface area contributed by atoms with Crippen molar-refractivity contribution in [1.82, 2.24) is 0 Å². The quantitative estimate of drug-likeness (QED) is 0.397. The summed E-state index contributed by atoms with van der Waals surface area (Å²) in [5, 5.41) is 14.6. The maximum atomic E-state index is 13.6. The fraction of sp³-hybridized carbons (Fsp3) is 0.115. The van der Waals surface area contributed by atoms with Crippen LogP contribution in [0.1, 0.15) is 16.7 Å². The van der Waals surface area contributed by atoms with E-state index in [1.165, 1.54) is 24.3 Å². The van der Waals surface area contributed by atoms with Gasteiger partial charge in [-0.25, -0.2) is 4.39 Å². The lowest BCUT2D eigenvalue weighted by Gasteiger charge is -2.09. The number of anilines is 2. The molecule has 0 bridgehead atoms. The molecule has 3 aromatic rings. The van der Waals surface area contributed by atoms with Gasteiger partial charge < -0.3 is 15.4 Å².